The maximum atomic E-state index is 11.9. The number of nitrogens with zero attached hydrogens (tertiary/aromatic N) is 2. The zero-order valence-corrected chi connectivity index (χ0v) is 12.7. The molecule has 0 saturated carbocycles. The van der Waals surface area contributed by atoms with Gasteiger partial charge in [0.15, 0.2) is 11.5 Å². The van der Waals surface area contributed by atoms with Crippen molar-refractivity contribution in [2.24, 2.45) is 5.10 Å². The van der Waals surface area contributed by atoms with Gasteiger partial charge >= 0.3 is 0 Å². The van der Waals surface area contributed by atoms with Crippen LogP contribution >= 0.6 is 0 Å². The number of benzene rings is 2. The second-order valence-corrected chi connectivity index (χ2v) is 5.09. The number of carbonyl (C=O) groups is 1. The van der Waals surface area contributed by atoms with Gasteiger partial charge in [0.05, 0.1) is 22.8 Å². The molecule has 2 aromatic carbocycles. The van der Waals surface area contributed by atoms with Gasteiger partial charge in [-0.1, -0.05) is 17.7 Å². The number of nitrogens with one attached hydrogen (secondary N) is 1. The van der Waals surface area contributed by atoms with Crippen molar-refractivity contribution in [3.63, 3.8) is 0 Å². The molecule has 3 rings (SSSR count). The molecule has 8 nitrogen and oxygen atoms in total. The number of aryl methyl sites for hydroxylation is 1. The smallest absolute Gasteiger partial charge is 0.282 e. The number of ether oxygens (including phenoxy) is 2. The second kappa shape index (κ2) is 6.37. The van der Waals surface area contributed by atoms with Gasteiger partial charge in [-0.25, -0.2) is 5.43 Å². The lowest BCUT2D eigenvalue weighted by Gasteiger charge is -2.02. The van der Waals surface area contributed by atoms with Crippen molar-refractivity contribution >= 4 is 17.8 Å². The highest BCUT2D eigenvalue weighted by atomic mass is 16.7. The molecule has 0 radical (unpaired) electrons. The third-order valence-corrected chi connectivity index (χ3v) is 3.40. The number of amides is 1. The third kappa shape index (κ3) is 3.17. The van der Waals surface area contributed by atoms with Crippen LogP contribution in [0.2, 0.25) is 0 Å². The van der Waals surface area contributed by atoms with E-state index in [0.29, 0.717) is 17.1 Å². The van der Waals surface area contributed by atoms with Gasteiger partial charge in [0.25, 0.3) is 11.6 Å². The Morgan fingerprint density at radius 3 is 2.58 bits per heavy atom. The molecule has 0 aromatic heterocycles. The molecule has 1 aliphatic rings. The van der Waals surface area contributed by atoms with Crippen LogP contribution < -0.4 is 14.9 Å². The van der Waals surface area contributed by atoms with Crippen LogP contribution in [-0.2, 0) is 0 Å². The van der Waals surface area contributed by atoms with Crippen LogP contribution in [0.4, 0.5) is 5.69 Å². The molecular formula is C16H13N3O5. The van der Waals surface area contributed by atoms with Gasteiger partial charge in [-0.2, -0.15) is 5.10 Å². The van der Waals surface area contributed by atoms with Gasteiger partial charge < -0.3 is 9.47 Å². The third-order valence-electron chi connectivity index (χ3n) is 3.40. The minimum atomic E-state index is -0.550. The summed E-state index contributed by atoms with van der Waals surface area (Å²) in [5.74, 6) is 0.295. The fourth-order valence-corrected chi connectivity index (χ4v) is 2.14. The Hall–Kier alpha value is -3.42. The molecule has 1 aliphatic heterocycles. The molecular weight excluding hydrogens is 314 g/mol. The number of hydrazone groups is 1. The summed E-state index contributed by atoms with van der Waals surface area (Å²) < 4.78 is 10.3. The quantitative estimate of drug-likeness (QED) is 0.527. The summed E-state index contributed by atoms with van der Waals surface area (Å²) in [5.41, 5.74) is 3.83. The number of fused-ring (bicyclic) bond motifs is 1. The lowest BCUT2D eigenvalue weighted by Crippen LogP contribution is -2.17. The number of nitro benzene ring substituents is 1. The van der Waals surface area contributed by atoms with Crippen molar-refractivity contribution in [3.8, 4) is 11.5 Å². The Labute approximate surface area is 136 Å². The van der Waals surface area contributed by atoms with E-state index in [1.807, 2.05) is 6.92 Å². The van der Waals surface area contributed by atoms with Crippen molar-refractivity contribution in [1.82, 2.24) is 5.43 Å². The first-order valence-corrected chi connectivity index (χ1v) is 7.03. The molecule has 0 aliphatic carbocycles. The predicted octanol–water partition coefficient (Wildman–Crippen LogP) is 2.40. The maximum absolute atomic E-state index is 11.9. The van der Waals surface area contributed by atoms with Crippen LogP contribution in [0.25, 0.3) is 0 Å². The standard InChI is InChI=1S/C16H13N3O5/c1-10-2-4-11(5-3-10)16(20)18-17-8-12-6-14-15(24-9-23-14)7-13(12)19(21)22/h2-8H,9H2,1H3,(H,18,20)/b17-8+. The van der Waals surface area contributed by atoms with Gasteiger partial charge in [0.2, 0.25) is 6.79 Å². The van der Waals surface area contributed by atoms with Gasteiger partial charge in [-0.15, -0.1) is 0 Å². The lowest BCUT2D eigenvalue weighted by molar-refractivity contribution is -0.385. The summed E-state index contributed by atoms with van der Waals surface area (Å²) in [4.78, 5) is 22.5. The molecule has 0 fully saturated rings. The first kappa shape index (κ1) is 15.5. The zero-order chi connectivity index (χ0) is 17.1. The average Bonchev–Trinajstić information content (AvgIpc) is 3.01. The Kier molecular flexibility index (Phi) is 4.11. The summed E-state index contributed by atoms with van der Waals surface area (Å²) in [6.45, 7) is 1.93. The highest BCUT2D eigenvalue weighted by Gasteiger charge is 2.22. The number of nitro groups is 1. The normalized spacial score (nSPS) is 12.4. The van der Waals surface area contributed by atoms with E-state index in [1.165, 1.54) is 18.3 Å². The minimum absolute atomic E-state index is 0.0112. The Morgan fingerprint density at radius 1 is 1.25 bits per heavy atom. The fraction of sp³-hybridized carbons (Fsp3) is 0.125. The van der Waals surface area contributed by atoms with Crippen LogP contribution in [0.5, 0.6) is 11.5 Å². The van der Waals surface area contributed by atoms with E-state index < -0.39 is 10.8 Å². The van der Waals surface area contributed by atoms with E-state index >= 15 is 0 Å². The van der Waals surface area contributed by atoms with E-state index in [-0.39, 0.29) is 18.0 Å². The second-order valence-electron chi connectivity index (χ2n) is 5.09. The molecule has 0 unspecified atom stereocenters. The Balaban J connectivity index is 1.78. The topological polar surface area (TPSA) is 103 Å². The van der Waals surface area contributed by atoms with Crippen LogP contribution in [0, 0.1) is 17.0 Å². The first-order chi connectivity index (χ1) is 11.5. The molecule has 2 aromatic rings. The zero-order valence-electron chi connectivity index (χ0n) is 12.7. The summed E-state index contributed by atoms with van der Waals surface area (Å²) in [6.07, 6.45) is 1.20. The molecule has 1 N–H and O–H groups in total. The maximum Gasteiger partial charge on any atom is 0.282 e. The number of hydrogen-bond donors (Lipinski definition) is 1. The fourth-order valence-electron chi connectivity index (χ4n) is 2.14. The SMILES string of the molecule is Cc1ccc(C(=O)N/N=C/c2cc3c(cc2[N+](=O)[O-])OCO3)cc1. The van der Waals surface area contributed by atoms with Crippen molar-refractivity contribution in [1.29, 1.82) is 0 Å². The van der Waals surface area contributed by atoms with Crippen molar-refractivity contribution in [2.45, 2.75) is 6.92 Å². The first-order valence-electron chi connectivity index (χ1n) is 7.03. The Morgan fingerprint density at radius 2 is 1.92 bits per heavy atom. The molecule has 0 bridgehead atoms. The molecule has 24 heavy (non-hydrogen) atoms. The average molecular weight is 327 g/mol. The largest absolute Gasteiger partial charge is 0.454 e. The van der Waals surface area contributed by atoms with Crippen LogP contribution in [0.1, 0.15) is 21.5 Å². The lowest BCUT2D eigenvalue weighted by atomic mass is 10.1. The van der Waals surface area contributed by atoms with Crippen molar-refractivity contribution in [3.05, 3.63) is 63.2 Å². The molecule has 8 heteroatoms. The molecule has 1 heterocycles. The summed E-state index contributed by atoms with van der Waals surface area (Å²) in [7, 11) is 0. The number of hydrogen-bond acceptors (Lipinski definition) is 6. The van der Waals surface area contributed by atoms with Crippen molar-refractivity contribution < 1.29 is 19.2 Å². The van der Waals surface area contributed by atoms with E-state index in [2.05, 4.69) is 10.5 Å². The molecule has 0 spiro atoms. The van der Waals surface area contributed by atoms with Crippen LogP contribution in [0.3, 0.4) is 0 Å². The predicted molar refractivity (Wildman–Crippen MR) is 85.5 cm³/mol. The number of carbonyl (C=O) groups excluding carboxylic acids is 1. The van der Waals surface area contributed by atoms with Crippen LogP contribution in [0.15, 0.2) is 41.5 Å². The van der Waals surface area contributed by atoms with E-state index in [9.17, 15) is 14.9 Å². The summed E-state index contributed by atoms with van der Waals surface area (Å²) in [5, 5.41) is 14.9. The van der Waals surface area contributed by atoms with Gasteiger partial charge in [-0.05, 0) is 25.1 Å². The number of rotatable bonds is 4. The molecule has 122 valence electrons. The van der Waals surface area contributed by atoms with Gasteiger partial charge in [0.1, 0.15) is 0 Å². The van der Waals surface area contributed by atoms with Gasteiger partial charge in [-0.3, -0.25) is 14.9 Å². The summed E-state index contributed by atoms with van der Waals surface area (Å²) in [6, 6.07) is 9.67. The monoisotopic (exact) mass is 327 g/mol. The van der Waals surface area contributed by atoms with Crippen LogP contribution in [-0.4, -0.2) is 23.8 Å². The summed E-state index contributed by atoms with van der Waals surface area (Å²) >= 11 is 0. The minimum Gasteiger partial charge on any atom is -0.454 e. The van der Waals surface area contributed by atoms with E-state index in [1.54, 1.807) is 24.3 Å². The highest BCUT2D eigenvalue weighted by molar-refractivity contribution is 5.95. The van der Waals surface area contributed by atoms with Gasteiger partial charge in [0, 0.05) is 5.56 Å². The molecule has 1 amide bonds. The van der Waals surface area contributed by atoms with Crippen molar-refractivity contribution in [2.75, 3.05) is 6.79 Å². The van der Waals surface area contributed by atoms with E-state index in [0.717, 1.165) is 5.56 Å². The Bertz CT molecular complexity index is 830. The van der Waals surface area contributed by atoms with E-state index in [4.69, 9.17) is 9.47 Å². The highest BCUT2D eigenvalue weighted by Crippen LogP contribution is 2.37. The molecule has 0 saturated heterocycles. The molecule has 0 atom stereocenters.